The van der Waals surface area contributed by atoms with Gasteiger partial charge in [-0.1, -0.05) is 11.6 Å². The smallest absolute Gasteiger partial charge is 0.253 e. The fourth-order valence-electron chi connectivity index (χ4n) is 2.94. The first-order chi connectivity index (χ1) is 11.9. The molecule has 1 aliphatic rings. The van der Waals surface area contributed by atoms with E-state index in [2.05, 4.69) is 14.9 Å². The minimum Gasteiger partial charge on any atom is -0.384 e. The van der Waals surface area contributed by atoms with Crippen LogP contribution in [0.25, 0.3) is 0 Å². The van der Waals surface area contributed by atoms with Gasteiger partial charge in [-0.2, -0.15) is 0 Å². The lowest BCUT2D eigenvalue weighted by molar-refractivity contribution is 0.0779. The number of carbonyl (C=O) groups is 1. The van der Waals surface area contributed by atoms with E-state index in [-0.39, 0.29) is 17.0 Å². The number of rotatable bonds is 4. The van der Waals surface area contributed by atoms with E-state index < -0.39 is 5.82 Å². The lowest BCUT2D eigenvalue weighted by Crippen LogP contribution is -2.36. The van der Waals surface area contributed by atoms with Crippen LogP contribution in [0.2, 0.25) is 5.02 Å². The number of hydrogen-bond donors (Lipinski definition) is 1. The molecule has 1 fully saturated rings. The number of nitrogens with two attached hydrogens (primary N) is 1. The molecule has 6 nitrogen and oxygen atoms in total. The summed E-state index contributed by atoms with van der Waals surface area (Å²) >= 11 is 5.77. The van der Waals surface area contributed by atoms with E-state index in [1.165, 1.54) is 18.2 Å². The Morgan fingerprint density at radius 3 is 3.00 bits per heavy atom. The van der Waals surface area contributed by atoms with Crippen LogP contribution in [-0.2, 0) is 6.54 Å². The Kier molecular flexibility index (Phi) is 5.15. The number of benzene rings is 1. The van der Waals surface area contributed by atoms with E-state index in [0.29, 0.717) is 36.8 Å². The van der Waals surface area contributed by atoms with E-state index in [4.69, 9.17) is 17.3 Å². The van der Waals surface area contributed by atoms with Gasteiger partial charge in [0.15, 0.2) is 0 Å². The van der Waals surface area contributed by atoms with Crippen molar-refractivity contribution < 1.29 is 9.18 Å². The topological polar surface area (TPSA) is 75.4 Å². The maximum Gasteiger partial charge on any atom is 0.253 e. The Balaban J connectivity index is 1.62. The quantitative estimate of drug-likeness (QED) is 0.901. The zero-order valence-electron chi connectivity index (χ0n) is 13.8. The number of aromatic nitrogens is 2. The molecule has 0 unspecified atom stereocenters. The molecule has 1 aromatic heterocycles. The normalized spacial score (nSPS) is 17.3. The van der Waals surface area contributed by atoms with E-state index in [9.17, 15) is 9.18 Å². The molecule has 25 heavy (non-hydrogen) atoms. The fraction of sp³-hybridized carbons (Fsp3) is 0.353. The molecular weight excluding hydrogens is 345 g/mol. The van der Waals surface area contributed by atoms with Gasteiger partial charge >= 0.3 is 0 Å². The van der Waals surface area contributed by atoms with Gasteiger partial charge in [-0.05, 0) is 37.7 Å². The van der Waals surface area contributed by atoms with Crippen LogP contribution < -0.4 is 5.73 Å². The molecule has 0 radical (unpaired) electrons. The van der Waals surface area contributed by atoms with Gasteiger partial charge in [-0.25, -0.2) is 14.4 Å². The van der Waals surface area contributed by atoms with E-state index in [0.717, 1.165) is 6.42 Å². The van der Waals surface area contributed by atoms with Crippen molar-refractivity contribution in [2.45, 2.75) is 19.0 Å². The van der Waals surface area contributed by atoms with Crippen LogP contribution in [0, 0.1) is 5.82 Å². The van der Waals surface area contributed by atoms with Gasteiger partial charge in [-0.3, -0.25) is 9.69 Å². The zero-order chi connectivity index (χ0) is 18.0. The molecule has 2 aromatic rings. The molecule has 1 saturated heterocycles. The molecule has 0 spiro atoms. The Hall–Kier alpha value is -2.25. The zero-order valence-corrected chi connectivity index (χ0v) is 14.6. The second-order valence-electron chi connectivity index (χ2n) is 6.14. The van der Waals surface area contributed by atoms with Crippen LogP contribution in [0.5, 0.6) is 0 Å². The van der Waals surface area contributed by atoms with Crippen LogP contribution in [0.4, 0.5) is 10.2 Å². The molecule has 1 aromatic carbocycles. The van der Waals surface area contributed by atoms with E-state index in [1.807, 2.05) is 7.05 Å². The highest BCUT2D eigenvalue weighted by atomic mass is 35.5. The highest BCUT2D eigenvalue weighted by Crippen LogP contribution is 2.21. The number of hydrogen-bond acceptors (Lipinski definition) is 5. The molecule has 1 amide bonds. The Labute approximate surface area is 150 Å². The number of likely N-dealkylation sites (tertiary alicyclic amines) is 1. The number of carbonyl (C=O) groups excluding carboxylic acids is 1. The Morgan fingerprint density at radius 1 is 1.48 bits per heavy atom. The highest BCUT2D eigenvalue weighted by molar-refractivity contribution is 6.31. The average Bonchev–Trinajstić information content (AvgIpc) is 3.07. The van der Waals surface area contributed by atoms with Crippen molar-refractivity contribution in [1.82, 2.24) is 19.8 Å². The van der Waals surface area contributed by atoms with Gasteiger partial charge in [0, 0.05) is 30.9 Å². The number of nitrogen functional groups attached to an aromatic ring is 1. The predicted molar refractivity (Wildman–Crippen MR) is 93.6 cm³/mol. The third-order valence-corrected chi connectivity index (χ3v) is 4.65. The summed E-state index contributed by atoms with van der Waals surface area (Å²) in [7, 11) is 1.97. The summed E-state index contributed by atoms with van der Waals surface area (Å²) in [6, 6.07) is 5.89. The van der Waals surface area contributed by atoms with Crippen molar-refractivity contribution in [3.63, 3.8) is 0 Å². The van der Waals surface area contributed by atoms with Crippen molar-refractivity contribution in [2.24, 2.45) is 0 Å². The molecule has 1 atom stereocenters. The number of nitrogens with zero attached hydrogens (tertiary/aromatic N) is 4. The van der Waals surface area contributed by atoms with Crippen molar-refractivity contribution in [1.29, 1.82) is 0 Å². The van der Waals surface area contributed by atoms with E-state index in [1.54, 1.807) is 17.2 Å². The van der Waals surface area contributed by atoms with E-state index >= 15 is 0 Å². The summed E-state index contributed by atoms with van der Waals surface area (Å²) in [6.07, 6.45) is 2.48. The monoisotopic (exact) mass is 363 g/mol. The fourth-order valence-corrected chi connectivity index (χ4v) is 3.12. The van der Waals surface area contributed by atoms with Gasteiger partial charge in [0.2, 0.25) is 0 Å². The summed E-state index contributed by atoms with van der Waals surface area (Å²) in [4.78, 5) is 24.8. The van der Waals surface area contributed by atoms with Gasteiger partial charge in [0.05, 0.1) is 11.6 Å². The molecule has 1 aliphatic heterocycles. The molecule has 3 rings (SSSR count). The third kappa shape index (κ3) is 4.05. The third-order valence-electron chi connectivity index (χ3n) is 4.36. The highest BCUT2D eigenvalue weighted by Gasteiger charge is 2.30. The SMILES string of the molecule is CN(Cc1nccc(N)n1)[C@@H]1CCN(C(=O)c2ccc(F)c(Cl)c2)C1. The maximum atomic E-state index is 13.3. The second kappa shape index (κ2) is 7.33. The van der Waals surface area contributed by atoms with Crippen LogP contribution in [0.3, 0.4) is 0 Å². The maximum absolute atomic E-state index is 13.3. The summed E-state index contributed by atoms with van der Waals surface area (Å²) in [6.45, 7) is 1.79. The van der Waals surface area contributed by atoms with Crippen molar-refractivity contribution in [3.05, 3.63) is 52.7 Å². The molecule has 0 bridgehead atoms. The molecule has 2 heterocycles. The van der Waals surface area contributed by atoms with Gasteiger partial charge in [0.25, 0.3) is 5.91 Å². The Bertz CT molecular complexity index is 787. The number of anilines is 1. The van der Waals surface area contributed by atoms with Crippen LogP contribution in [0.15, 0.2) is 30.5 Å². The summed E-state index contributed by atoms with van der Waals surface area (Å²) in [5.74, 6) is 0.421. The number of halogens is 2. The molecule has 2 N–H and O–H groups in total. The lowest BCUT2D eigenvalue weighted by atomic mass is 10.2. The van der Waals surface area contributed by atoms with Crippen LogP contribution >= 0.6 is 11.6 Å². The predicted octanol–water partition coefficient (Wildman–Crippen LogP) is 2.20. The molecule has 8 heteroatoms. The van der Waals surface area contributed by atoms with Crippen molar-refractivity contribution in [2.75, 3.05) is 25.9 Å². The Morgan fingerprint density at radius 2 is 2.28 bits per heavy atom. The van der Waals surface area contributed by atoms with Crippen molar-refractivity contribution in [3.8, 4) is 0 Å². The van der Waals surface area contributed by atoms with Gasteiger partial charge < -0.3 is 10.6 Å². The first kappa shape index (κ1) is 17.6. The van der Waals surface area contributed by atoms with Crippen LogP contribution in [0.1, 0.15) is 22.6 Å². The summed E-state index contributed by atoms with van der Waals surface area (Å²) in [5.41, 5.74) is 6.07. The largest absolute Gasteiger partial charge is 0.384 e. The molecule has 132 valence electrons. The van der Waals surface area contributed by atoms with Crippen LogP contribution in [-0.4, -0.2) is 51.9 Å². The lowest BCUT2D eigenvalue weighted by Gasteiger charge is -2.24. The summed E-state index contributed by atoms with van der Waals surface area (Å²) < 4.78 is 13.3. The van der Waals surface area contributed by atoms with Crippen molar-refractivity contribution >= 4 is 23.3 Å². The average molecular weight is 364 g/mol. The summed E-state index contributed by atoms with van der Waals surface area (Å²) in [5, 5.41) is -0.0440. The van der Waals surface area contributed by atoms with Gasteiger partial charge in [-0.15, -0.1) is 0 Å². The minimum atomic E-state index is -0.528. The molecular formula is C17H19ClFN5O. The first-order valence-electron chi connectivity index (χ1n) is 7.96. The number of amides is 1. The number of likely N-dealkylation sites (N-methyl/N-ethyl adjacent to an activating group) is 1. The second-order valence-corrected chi connectivity index (χ2v) is 6.54. The van der Waals surface area contributed by atoms with Gasteiger partial charge in [0.1, 0.15) is 17.5 Å². The minimum absolute atomic E-state index is 0.0440. The first-order valence-corrected chi connectivity index (χ1v) is 8.34. The molecule has 0 aliphatic carbocycles. The molecule has 0 saturated carbocycles. The standard InChI is InChI=1S/C17H19ClFN5O/c1-23(10-16-21-6-4-15(20)22-16)12-5-7-24(9-12)17(25)11-2-3-14(19)13(18)8-11/h2-4,6,8,12H,5,7,9-10H2,1H3,(H2,20,21,22)/t12-/m1/s1.